The molecule has 0 spiro atoms. The first-order valence-corrected chi connectivity index (χ1v) is 13.1. The van der Waals surface area contributed by atoms with E-state index < -0.39 is 0 Å². The van der Waals surface area contributed by atoms with Crippen molar-refractivity contribution in [1.29, 1.82) is 0 Å². The summed E-state index contributed by atoms with van der Waals surface area (Å²) in [6, 6.07) is 19.8. The fraction of sp³-hybridized carbons (Fsp3) is 0.444. The molecular formula is C27H34N4OS. The molecule has 0 radical (unpaired) electrons. The van der Waals surface area contributed by atoms with Crippen molar-refractivity contribution in [2.75, 3.05) is 50.7 Å². The number of carbonyl (C=O) groups is 1. The third-order valence-corrected chi connectivity index (χ3v) is 8.24. The highest BCUT2D eigenvalue weighted by Crippen LogP contribution is 2.26. The summed E-state index contributed by atoms with van der Waals surface area (Å²) in [6.07, 6.45) is 2.29. The van der Waals surface area contributed by atoms with Crippen molar-refractivity contribution in [1.82, 2.24) is 15.1 Å². The lowest BCUT2D eigenvalue weighted by Crippen LogP contribution is -2.48. The summed E-state index contributed by atoms with van der Waals surface area (Å²) in [7, 11) is 0. The number of piperazine rings is 1. The quantitative estimate of drug-likeness (QED) is 0.588. The van der Waals surface area contributed by atoms with E-state index in [0.717, 1.165) is 70.8 Å². The first kappa shape index (κ1) is 22.4. The summed E-state index contributed by atoms with van der Waals surface area (Å²) in [6.45, 7) is 9.92. The first-order valence-electron chi connectivity index (χ1n) is 12.3. The Morgan fingerprint density at radius 3 is 2.39 bits per heavy atom. The minimum atomic E-state index is 0.168. The molecule has 0 bridgehead atoms. The van der Waals surface area contributed by atoms with Gasteiger partial charge in [0, 0.05) is 72.7 Å². The number of thiophene rings is 1. The molecule has 33 heavy (non-hydrogen) atoms. The number of rotatable bonds is 6. The zero-order valence-corrected chi connectivity index (χ0v) is 20.3. The Labute approximate surface area is 201 Å². The first-order chi connectivity index (χ1) is 16.2. The van der Waals surface area contributed by atoms with Crippen molar-refractivity contribution in [2.45, 2.75) is 32.4 Å². The van der Waals surface area contributed by atoms with E-state index >= 15 is 0 Å². The van der Waals surface area contributed by atoms with Crippen LogP contribution in [0, 0.1) is 0 Å². The van der Waals surface area contributed by atoms with Crippen LogP contribution in [0.5, 0.6) is 0 Å². The highest BCUT2D eigenvalue weighted by Gasteiger charge is 2.22. The number of hydrogen-bond acceptors (Lipinski definition) is 5. The van der Waals surface area contributed by atoms with Gasteiger partial charge in [0.1, 0.15) is 0 Å². The average Bonchev–Trinajstić information content (AvgIpc) is 3.31. The van der Waals surface area contributed by atoms with Crippen LogP contribution in [0.15, 0.2) is 54.6 Å². The Morgan fingerprint density at radius 2 is 1.70 bits per heavy atom. The second-order valence-corrected chi connectivity index (χ2v) is 10.3. The lowest BCUT2D eigenvalue weighted by molar-refractivity contribution is 0.0643. The molecule has 2 aromatic carbocycles. The van der Waals surface area contributed by atoms with E-state index in [4.69, 9.17) is 0 Å². The lowest BCUT2D eigenvalue weighted by Gasteiger charge is -2.35. The standard InChI is InChI=1S/C27H34N4OS/c1-2-29-15-17-31(18-16-29)27(32)21-7-9-24(10-8-21)30-13-11-23(12-14-30)28-20-25-19-22-5-3-4-6-26(22)33-25/h3-10,19,23,28H,2,11-18,20H2,1H3. The monoisotopic (exact) mass is 462 g/mol. The van der Waals surface area contributed by atoms with Crippen LogP contribution in [-0.2, 0) is 6.54 Å². The molecule has 5 nitrogen and oxygen atoms in total. The van der Waals surface area contributed by atoms with Crippen LogP contribution in [0.4, 0.5) is 5.69 Å². The van der Waals surface area contributed by atoms with E-state index in [1.807, 2.05) is 28.4 Å². The molecule has 1 N–H and O–H groups in total. The van der Waals surface area contributed by atoms with Gasteiger partial charge in [-0.05, 0) is 61.2 Å². The Hall–Kier alpha value is -2.41. The SMILES string of the molecule is CCN1CCN(C(=O)c2ccc(N3CCC(NCc4cc5ccccc5s4)CC3)cc2)CC1. The van der Waals surface area contributed by atoms with E-state index in [-0.39, 0.29) is 5.91 Å². The fourth-order valence-corrected chi connectivity index (χ4v) is 5.99. The van der Waals surface area contributed by atoms with E-state index in [2.05, 4.69) is 64.5 Å². The zero-order valence-electron chi connectivity index (χ0n) is 19.5. The van der Waals surface area contributed by atoms with Gasteiger partial charge in [0.05, 0.1) is 0 Å². The number of hydrogen-bond donors (Lipinski definition) is 1. The molecule has 3 aromatic rings. The smallest absolute Gasteiger partial charge is 0.253 e. The number of benzene rings is 2. The van der Waals surface area contributed by atoms with Crippen molar-refractivity contribution in [2.24, 2.45) is 0 Å². The van der Waals surface area contributed by atoms with Gasteiger partial charge in [-0.2, -0.15) is 0 Å². The van der Waals surface area contributed by atoms with E-state index in [9.17, 15) is 4.79 Å². The molecule has 0 aliphatic carbocycles. The second kappa shape index (κ2) is 10.2. The van der Waals surface area contributed by atoms with Crippen LogP contribution < -0.4 is 10.2 Å². The molecule has 2 saturated heterocycles. The predicted octanol–water partition coefficient (Wildman–Crippen LogP) is 4.44. The van der Waals surface area contributed by atoms with Crippen molar-refractivity contribution in [3.63, 3.8) is 0 Å². The number of likely N-dealkylation sites (N-methyl/N-ethyl adjacent to an activating group) is 1. The summed E-state index contributed by atoms with van der Waals surface area (Å²) in [4.78, 5) is 21.1. The van der Waals surface area contributed by atoms with Gasteiger partial charge in [-0.15, -0.1) is 11.3 Å². The summed E-state index contributed by atoms with van der Waals surface area (Å²) < 4.78 is 1.37. The Morgan fingerprint density at radius 1 is 0.970 bits per heavy atom. The van der Waals surface area contributed by atoms with E-state index in [1.54, 1.807) is 0 Å². The number of piperidine rings is 1. The highest BCUT2D eigenvalue weighted by atomic mass is 32.1. The molecule has 0 atom stereocenters. The molecular weight excluding hydrogens is 428 g/mol. The Kier molecular flexibility index (Phi) is 6.95. The molecule has 5 rings (SSSR count). The van der Waals surface area contributed by atoms with Crippen molar-refractivity contribution >= 4 is 33.0 Å². The van der Waals surface area contributed by atoms with Gasteiger partial charge in [0.15, 0.2) is 0 Å². The van der Waals surface area contributed by atoms with Gasteiger partial charge >= 0.3 is 0 Å². The Bertz CT molecular complexity index is 1030. The summed E-state index contributed by atoms with van der Waals surface area (Å²) in [5, 5.41) is 5.12. The predicted molar refractivity (Wildman–Crippen MR) is 138 cm³/mol. The normalized spacial score (nSPS) is 18.2. The Balaban J connectivity index is 1.10. The van der Waals surface area contributed by atoms with Gasteiger partial charge in [0.25, 0.3) is 5.91 Å². The van der Waals surface area contributed by atoms with E-state index in [0.29, 0.717) is 6.04 Å². The molecule has 2 aliphatic heterocycles. The van der Waals surface area contributed by atoms with Gasteiger partial charge in [-0.1, -0.05) is 25.1 Å². The zero-order chi connectivity index (χ0) is 22.6. The maximum atomic E-state index is 12.9. The third kappa shape index (κ3) is 5.24. The van der Waals surface area contributed by atoms with Gasteiger partial charge in [-0.25, -0.2) is 0 Å². The van der Waals surface area contributed by atoms with Crippen LogP contribution in [0.25, 0.3) is 10.1 Å². The van der Waals surface area contributed by atoms with Crippen LogP contribution in [0.1, 0.15) is 35.0 Å². The number of nitrogens with one attached hydrogen (secondary N) is 1. The van der Waals surface area contributed by atoms with Crippen molar-refractivity contribution in [3.05, 3.63) is 65.0 Å². The number of fused-ring (bicyclic) bond motifs is 1. The number of amides is 1. The van der Waals surface area contributed by atoms with Gasteiger partial charge < -0.3 is 20.0 Å². The lowest BCUT2D eigenvalue weighted by atomic mass is 10.0. The molecule has 6 heteroatoms. The van der Waals surface area contributed by atoms with Crippen molar-refractivity contribution < 1.29 is 4.79 Å². The molecule has 0 unspecified atom stereocenters. The van der Waals surface area contributed by atoms with E-state index in [1.165, 1.54) is 20.7 Å². The minimum absolute atomic E-state index is 0.168. The van der Waals surface area contributed by atoms with Crippen molar-refractivity contribution in [3.8, 4) is 0 Å². The summed E-state index contributed by atoms with van der Waals surface area (Å²) in [5.41, 5.74) is 2.04. The molecule has 1 amide bonds. The minimum Gasteiger partial charge on any atom is -0.371 e. The van der Waals surface area contributed by atoms with Crippen LogP contribution >= 0.6 is 11.3 Å². The van der Waals surface area contributed by atoms with Gasteiger partial charge in [-0.3, -0.25) is 4.79 Å². The van der Waals surface area contributed by atoms with Gasteiger partial charge in [0.2, 0.25) is 0 Å². The summed E-state index contributed by atoms with van der Waals surface area (Å²) >= 11 is 1.89. The highest BCUT2D eigenvalue weighted by molar-refractivity contribution is 7.19. The number of nitrogens with zero attached hydrogens (tertiary/aromatic N) is 3. The average molecular weight is 463 g/mol. The molecule has 3 heterocycles. The van der Waals surface area contributed by atoms with Crippen LogP contribution in [0.3, 0.4) is 0 Å². The number of carbonyl (C=O) groups excluding carboxylic acids is 1. The molecule has 2 fully saturated rings. The molecule has 0 saturated carbocycles. The largest absolute Gasteiger partial charge is 0.371 e. The second-order valence-electron chi connectivity index (χ2n) is 9.17. The molecule has 2 aliphatic rings. The molecule has 1 aromatic heterocycles. The maximum absolute atomic E-state index is 12.9. The number of anilines is 1. The summed E-state index contributed by atoms with van der Waals surface area (Å²) in [5.74, 6) is 0.168. The topological polar surface area (TPSA) is 38.8 Å². The van der Waals surface area contributed by atoms with Crippen LogP contribution in [0.2, 0.25) is 0 Å². The maximum Gasteiger partial charge on any atom is 0.253 e. The molecule has 174 valence electrons. The third-order valence-electron chi connectivity index (χ3n) is 7.12. The van der Waals surface area contributed by atoms with Crippen LogP contribution in [-0.4, -0.2) is 67.6 Å². The fourth-order valence-electron chi connectivity index (χ4n) is 4.98.